The molecule has 0 fully saturated rings. The predicted molar refractivity (Wildman–Crippen MR) is 102 cm³/mol. The first kappa shape index (κ1) is 17.4. The van der Waals surface area contributed by atoms with Gasteiger partial charge in [0.25, 0.3) is 5.91 Å². The first-order valence-electron chi connectivity index (χ1n) is 7.45. The van der Waals surface area contributed by atoms with Crippen molar-refractivity contribution in [2.75, 3.05) is 11.1 Å². The van der Waals surface area contributed by atoms with Crippen LogP contribution in [-0.2, 0) is 6.54 Å². The van der Waals surface area contributed by atoms with E-state index in [2.05, 4.69) is 31.6 Å². The summed E-state index contributed by atoms with van der Waals surface area (Å²) in [5, 5.41) is 11.2. The van der Waals surface area contributed by atoms with Crippen LogP contribution in [0.1, 0.15) is 21.6 Å². The number of nitrogens with two attached hydrogens (primary N) is 1. The minimum atomic E-state index is -0.432. The number of carbonyl (C=O) groups excluding carboxylic acids is 1. The van der Waals surface area contributed by atoms with Crippen molar-refractivity contribution in [1.29, 1.82) is 0 Å². The number of amides is 1. The average molecular weight is 421 g/mol. The molecule has 0 aliphatic rings. The first-order chi connectivity index (χ1) is 11.9. The summed E-state index contributed by atoms with van der Waals surface area (Å²) in [6.45, 7) is 2.31. The quantitative estimate of drug-likeness (QED) is 0.670. The summed E-state index contributed by atoms with van der Waals surface area (Å²) < 4.78 is 2.44. The molecular formula is C17H15BrClN5O. The number of aromatic nitrogens is 3. The second-order valence-corrected chi connectivity index (χ2v) is 6.85. The number of rotatable bonds is 4. The summed E-state index contributed by atoms with van der Waals surface area (Å²) in [6, 6.07) is 13.0. The highest BCUT2D eigenvalue weighted by atomic mass is 79.9. The number of anilines is 2. The molecule has 2 aromatic carbocycles. The standard InChI is InChI=1S/C17H15BrClN5O/c1-10-5-6-13(8-14(10)19)21-17(25)15-16(20)24(23-22-15)9-11-3-2-4-12(18)7-11/h2-8H,9,20H2,1H3,(H,21,25). The highest BCUT2D eigenvalue weighted by Crippen LogP contribution is 2.21. The Balaban J connectivity index is 1.77. The van der Waals surface area contributed by atoms with Crippen LogP contribution in [0.4, 0.5) is 11.5 Å². The molecule has 0 spiro atoms. The van der Waals surface area contributed by atoms with Crippen LogP contribution in [0.15, 0.2) is 46.9 Å². The minimum Gasteiger partial charge on any atom is -0.382 e. The molecule has 0 aliphatic carbocycles. The summed E-state index contributed by atoms with van der Waals surface area (Å²) in [7, 11) is 0. The topological polar surface area (TPSA) is 85.8 Å². The number of halogens is 2. The fourth-order valence-electron chi connectivity index (χ4n) is 2.27. The van der Waals surface area contributed by atoms with Crippen LogP contribution in [0.25, 0.3) is 0 Å². The number of aryl methyl sites for hydroxylation is 1. The lowest BCUT2D eigenvalue weighted by atomic mass is 10.2. The van der Waals surface area contributed by atoms with Gasteiger partial charge < -0.3 is 11.1 Å². The maximum Gasteiger partial charge on any atom is 0.280 e. The lowest BCUT2D eigenvalue weighted by Crippen LogP contribution is -2.15. The second kappa shape index (κ2) is 7.25. The van der Waals surface area contributed by atoms with E-state index >= 15 is 0 Å². The van der Waals surface area contributed by atoms with Gasteiger partial charge in [-0.3, -0.25) is 4.79 Å². The van der Waals surface area contributed by atoms with E-state index in [0.717, 1.165) is 15.6 Å². The number of nitrogen functional groups attached to an aromatic ring is 1. The highest BCUT2D eigenvalue weighted by Gasteiger charge is 2.18. The van der Waals surface area contributed by atoms with Crippen LogP contribution in [0.2, 0.25) is 5.02 Å². The Morgan fingerprint density at radius 2 is 2.12 bits per heavy atom. The molecule has 0 bridgehead atoms. The molecule has 0 saturated carbocycles. The summed E-state index contributed by atoms with van der Waals surface area (Å²) in [5.41, 5.74) is 8.60. The van der Waals surface area contributed by atoms with Gasteiger partial charge in [-0.2, -0.15) is 0 Å². The van der Waals surface area contributed by atoms with E-state index < -0.39 is 5.91 Å². The van der Waals surface area contributed by atoms with Crippen molar-refractivity contribution in [3.05, 3.63) is 68.8 Å². The average Bonchev–Trinajstić information content (AvgIpc) is 2.92. The first-order valence-corrected chi connectivity index (χ1v) is 8.62. The molecule has 128 valence electrons. The van der Waals surface area contributed by atoms with Crippen LogP contribution in [0.3, 0.4) is 0 Å². The summed E-state index contributed by atoms with van der Waals surface area (Å²) in [6.07, 6.45) is 0. The molecule has 0 aliphatic heterocycles. The number of carbonyl (C=O) groups is 1. The third kappa shape index (κ3) is 4.00. The fraction of sp³-hybridized carbons (Fsp3) is 0.118. The molecule has 3 rings (SSSR count). The normalized spacial score (nSPS) is 10.7. The van der Waals surface area contributed by atoms with Gasteiger partial charge in [0.15, 0.2) is 11.5 Å². The third-order valence-corrected chi connectivity index (χ3v) is 4.54. The van der Waals surface area contributed by atoms with Crippen LogP contribution in [0.5, 0.6) is 0 Å². The number of benzene rings is 2. The predicted octanol–water partition coefficient (Wildman–Crippen LogP) is 3.89. The number of nitrogens with one attached hydrogen (secondary N) is 1. The number of hydrogen-bond donors (Lipinski definition) is 2. The van der Waals surface area contributed by atoms with Gasteiger partial charge >= 0.3 is 0 Å². The van der Waals surface area contributed by atoms with Crippen molar-refractivity contribution in [3.8, 4) is 0 Å². The van der Waals surface area contributed by atoms with Gasteiger partial charge in [0.1, 0.15) is 0 Å². The molecule has 3 N–H and O–H groups in total. The van der Waals surface area contributed by atoms with Crippen LogP contribution in [-0.4, -0.2) is 20.9 Å². The zero-order chi connectivity index (χ0) is 18.0. The van der Waals surface area contributed by atoms with Gasteiger partial charge in [-0.25, -0.2) is 4.68 Å². The van der Waals surface area contributed by atoms with Crippen molar-refractivity contribution >= 4 is 44.9 Å². The van der Waals surface area contributed by atoms with E-state index in [1.54, 1.807) is 12.1 Å². The van der Waals surface area contributed by atoms with Gasteiger partial charge in [0, 0.05) is 15.2 Å². The Morgan fingerprint density at radius 1 is 1.32 bits per heavy atom. The van der Waals surface area contributed by atoms with Gasteiger partial charge in [-0.05, 0) is 42.3 Å². The van der Waals surface area contributed by atoms with Gasteiger partial charge in [-0.1, -0.05) is 50.9 Å². The molecule has 25 heavy (non-hydrogen) atoms. The van der Waals surface area contributed by atoms with Crippen molar-refractivity contribution in [1.82, 2.24) is 15.0 Å². The zero-order valence-electron chi connectivity index (χ0n) is 13.3. The molecule has 1 heterocycles. The van der Waals surface area contributed by atoms with Crippen molar-refractivity contribution < 1.29 is 4.79 Å². The third-order valence-electron chi connectivity index (χ3n) is 3.64. The van der Waals surface area contributed by atoms with Gasteiger partial charge in [-0.15, -0.1) is 5.10 Å². The Labute approximate surface area is 158 Å². The summed E-state index contributed by atoms with van der Waals surface area (Å²) >= 11 is 9.49. The van der Waals surface area contributed by atoms with Crippen molar-refractivity contribution in [2.45, 2.75) is 13.5 Å². The lowest BCUT2D eigenvalue weighted by molar-refractivity contribution is 0.102. The molecule has 6 nitrogen and oxygen atoms in total. The van der Waals surface area contributed by atoms with Crippen LogP contribution < -0.4 is 11.1 Å². The van der Waals surface area contributed by atoms with Crippen molar-refractivity contribution in [2.24, 2.45) is 0 Å². The molecule has 0 atom stereocenters. The Morgan fingerprint density at radius 3 is 2.84 bits per heavy atom. The van der Waals surface area contributed by atoms with Crippen molar-refractivity contribution in [3.63, 3.8) is 0 Å². The molecule has 0 radical (unpaired) electrons. The lowest BCUT2D eigenvalue weighted by Gasteiger charge is -2.06. The minimum absolute atomic E-state index is 0.0756. The Bertz CT molecular complexity index is 941. The van der Waals surface area contributed by atoms with Gasteiger partial charge in [0.05, 0.1) is 6.54 Å². The smallest absolute Gasteiger partial charge is 0.280 e. The number of hydrogen-bond acceptors (Lipinski definition) is 4. The molecular weight excluding hydrogens is 406 g/mol. The maximum atomic E-state index is 12.4. The highest BCUT2D eigenvalue weighted by molar-refractivity contribution is 9.10. The monoisotopic (exact) mass is 419 g/mol. The molecule has 0 saturated heterocycles. The van der Waals surface area contributed by atoms with E-state index in [1.807, 2.05) is 37.3 Å². The molecule has 1 amide bonds. The number of nitrogens with zero attached hydrogens (tertiary/aromatic N) is 3. The van der Waals surface area contributed by atoms with Crippen LogP contribution >= 0.6 is 27.5 Å². The molecule has 0 unspecified atom stereocenters. The summed E-state index contributed by atoms with van der Waals surface area (Å²) in [4.78, 5) is 12.4. The van der Waals surface area contributed by atoms with E-state index in [1.165, 1.54) is 4.68 Å². The zero-order valence-corrected chi connectivity index (χ0v) is 15.7. The Kier molecular flexibility index (Phi) is 5.06. The molecule has 8 heteroatoms. The Hall–Kier alpha value is -2.38. The van der Waals surface area contributed by atoms with E-state index in [0.29, 0.717) is 17.3 Å². The fourth-order valence-corrected chi connectivity index (χ4v) is 2.90. The summed E-state index contributed by atoms with van der Waals surface area (Å²) in [5.74, 6) is -0.228. The van der Waals surface area contributed by atoms with E-state index in [-0.39, 0.29) is 11.5 Å². The molecule has 1 aromatic heterocycles. The van der Waals surface area contributed by atoms with Gasteiger partial charge in [0.2, 0.25) is 0 Å². The van der Waals surface area contributed by atoms with E-state index in [4.69, 9.17) is 17.3 Å². The largest absolute Gasteiger partial charge is 0.382 e. The maximum absolute atomic E-state index is 12.4. The second-order valence-electron chi connectivity index (χ2n) is 5.53. The van der Waals surface area contributed by atoms with Crippen LogP contribution in [0, 0.1) is 6.92 Å². The SMILES string of the molecule is Cc1ccc(NC(=O)c2nnn(Cc3cccc(Br)c3)c2N)cc1Cl. The molecule has 3 aromatic rings. The van der Waals surface area contributed by atoms with E-state index in [9.17, 15) is 4.79 Å².